The fourth-order valence-corrected chi connectivity index (χ4v) is 8.66. The Kier molecular flexibility index (Phi) is 5.62. The highest BCUT2D eigenvalue weighted by Crippen LogP contribution is 2.61. The number of carbonyl (C=O) groups excluding carboxylic acids is 1. The van der Waals surface area contributed by atoms with Crippen LogP contribution in [0.25, 0.3) is 21.1 Å². The van der Waals surface area contributed by atoms with E-state index in [1.54, 1.807) is 23.6 Å². The van der Waals surface area contributed by atoms with Gasteiger partial charge in [-0.25, -0.2) is 9.78 Å². The van der Waals surface area contributed by atoms with Crippen LogP contribution >= 0.6 is 11.3 Å². The number of para-hydroxylation sites is 1. The van der Waals surface area contributed by atoms with Gasteiger partial charge in [-0.2, -0.15) is 0 Å². The van der Waals surface area contributed by atoms with E-state index in [-0.39, 0.29) is 12.0 Å². The third kappa shape index (κ3) is 4.02. The van der Waals surface area contributed by atoms with Crippen molar-refractivity contribution in [1.82, 2.24) is 15.3 Å². The maximum atomic E-state index is 13.8. The fourth-order valence-electron chi connectivity index (χ4n) is 7.78. The van der Waals surface area contributed by atoms with Gasteiger partial charge >= 0.3 is 5.97 Å². The van der Waals surface area contributed by atoms with Crippen LogP contribution in [0.4, 0.5) is 0 Å². The van der Waals surface area contributed by atoms with E-state index in [1.807, 2.05) is 42.5 Å². The normalized spacial score (nSPS) is 26.5. The highest BCUT2D eigenvalue weighted by atomic mass is 32.1. The molecule has 0 saturated heterocycles. The number of nitrogens with one attached hydrogen (secondary N) is 1. The molecule has 7 nitrogen and oxygen atoms in total. The average molecular weight is 528 g/mol. The number of hydrogen-bond acceptors (Lipinski definition) is 6. The number of benzene rings is 2. The lowest BCUT2D eigenvalue weighted by molar-refractivity contribution is -0.150. The van der Waals surface area contributed by atoms with Crippen molar-refractivity contribution in [3.63, 3.8) is 0 Å². The number of pyridine rings is 1. The molecule has 4 fully saturated rings. The Morgan fingerprint density at radius 3 is 2.47 bits per heavy atom. The molecule has 2 aromatic carbocycles. The van der Waals surface area contributed by atoms with Gasteiger partial charge in [0.05, 0.1) is 15.8 Å². The topological polar surface area (TPSA) is 101 Å². The minimum Gasteiger partial charge on any atom is -0.483 e. The Morgan fingerprint density at radius 2 is 1.76 bits per heavy atom. The zero-order valence-corrected chi connectivity index (χ0v) is 21.7. The van der Waals surface area contributed by atoms with Crippen LogP contribution < -0.4 is 10.1 Å². The minimum atomic E-state index is -0.948. The van der Waals surface area contributed by atoms with E-state index in [0.717, 1.165) is 39.9 Å². The summed E-state index contributed by atoms with van der Waals surface area (Å²) in [6.07, 6.45) is 7.95. The number of aromatic nitrogens is 2. The summed E-state index contributed by atoms with van der Waals surface area (Å²) in [6.45, 7) is 0.187. The molecule has 4 saturated carbocycles. The average Bonchev–Trinajstić information content (AvgIpc) is 3.32. The molecule has 4 aliphatic carbocycles. The van der Waals surface area contributed by atoms with E-state index in [4.69, 9.17) is 4.74 Å². The van der Waals surface area contributed by atoms with Gasteiger partial charge in [0, 0.05) is 17.0 Å². The van der Waals surface area contributed by atoms with E-state index in [0.29, 0.717) is 34.6 Å². The molecule has 2 aromatic heterocycles. The van der Waals surface area contributed by atoms with Gasteiger partial charge in [-0.05, 0) is 80.5 Å². The minimum absolute atomic E-state index is 0.187. The van der Waals surface area contributed by atoms with Gasteiger partial charge in [-0.1, -0.05) is 24.3 Å². The summed E-state index contributed by atoms with van der Waals surface area (Å²) in [5.74, 6) is 0.721. The predicted molar refractivity (Wildman–Crippen MR) is 145 cm³/mol. The lowest BCUT2D eigenvalue weighted by atomic mass is 9.47. The van der Waals surface area contributed by atoms with Crippen LogP contribution in [0.2, 0.25) is 0 Å². The van der Waals surface area contributed by atoms with Crippen molar-refractivity contribution in [2.75, 3.05) is 0 Å². The second-order valence-corrected chi connectivity index (χ2v) is 12.5. The van der Waals surface area contributed by atoms with Crippen LogP contribution in [0.5, 0.6) is 5.75 Å². The van der Waals surface area contributed by atoms with Crippen LogP contribution in [0.15, 0.2) is 54.7 Å². The number of carbonyl (C=O) groups is 2. The Hall–Kier alpha value is -3.52. The Morgan fingerprint density at radius 1 is 1.03 bits per heavy atom. The summed E-state index contributed by atoms with van der Waals surface area (Å²) in [4.78, 5) is 35.5. The maximum Gasteiger partial charge on any atom is 0.326 e. The highest BCUT2D eigenvalue weighted by molar-refractivity contribution is 7.18. The Labute approximate surface area is 224 Å². The number of hydrogen-bond donors (Lipinski definition) is 2. The largest absolute Gasteiger partial charge is 0.483 e. The summed E-state index contributed by atoms with van der Waals surface area (Å²) in [5.41, 5.74) is 1.41. The number of aliphatic carboxylic acids is 1. The molecule has 0 spiro atoms. The van der Waals surface area contributed by atoms with E-state index >= 15 is 0 Å². The molecular weight excluding hydrogens is 498 g/mol. The van der Waals surface area contributed by atoms with E-state index in [2.05, 4.69) is 15.3 Å². The summed E-state index contributed by atoms with van der Waals surface area (Å²) in [7, 11) is 0. The summed E-state index contributed by atoms with van der Waals surface area (Å²) in [6, 6.07) is 14.3. The third-order valence-electron chi connectivity index (χ3n) is 8.87. The second-order valence-electron chi connectivity index (χ2n) is 11.4. The van der Waals surface area contributed by atoms with Crippen LogP contribution in [0, 0.1) is 23.2 Å². The molecule has 8 heteroatoms. The zero-order chi connectivity index (χ0) is 25.9. The molecule has 38 heavy (non-hydrogen) atoms. The molecule has 194 valence electrons. The lowest BCUT2D eigenvalue weighted by Crippen LogP contribution is -2.59. The van der Waals surface area contributed by atoms with Gasteiger partial charge in [0.1, 0.15) is 23.2 Å². The van der Waals surface area contributed by atoms with Crippen LogP contribution in [0.3, 0.4) is 0 Å². The van der Waals surface area contributed by atoms with Crippen LogP contribution in [-0.2, 0) is 11.4 Å². The first-order valence-electron chi connectivity index (χ1n) is 13.4. The first-order chi connectivity index (χ1) is 18.5. The standard InChI is InChI=1S/C30H29N3O4S/c34-28(33-27(29(35)36)30-13-17-10-18(14-30)12-19(11-17)15-30)21-8-7-20-4-3-9-31-25(20)26(21)37-16-24-32-22-5-1-2-6-23(22)38-24/h1-9,17-19,27H,10-16H2,(H,33,34)(H,35,36). The highest BCUT2D eigenvalue weighted by Gasteiger charge is 2.56. The zero-order valence-electron chi connectivity index (χ0n) is 20.9. The van der Waals surface area contributed by atoms with Gasteiger partial charge < -0.3 is 15.2 Å². The second kappa shape index (κ2) is 9.05. The van der Waals surface area contributed by atoms with Crippen molar-refractivity contribution in [2.45, 2.75) is 51.2 Å². The van der Waals surface area contributed by atoms with E-state index in [1.165, 1.54) is 19.3 Å². The molecule has 1 unspecified atom stereocenters. The Balaban J connectivity index is 1.20. The number of nitrogens with zero attached hydrogens (tertiary/aromatic N) is 2. The van der Waals surface area contributed by atoms with Crippen molar-refractivity contribution in [3.05, 3.63) is 65.3 Å². The predicted octanol–water partition coefficient (Wildman–Crippen LogP) is 5.82. The molecule has 8 rings (SSSR count). The number of fused-ring (bicyclic) bond motifs is 2. The summed E-state index contributed by atoms with van der Waals surface area (Å²) >= 11 is 1.55. The van der Waals surface area contributed by atoms with Crippen molar-refractivity contribution in [3.8, 4) is 5.75 Å². The van der Waals surface area contributed by atoms with Gasteiger partial charge in [0.2, 0.25) is 0 Å². The summed E-state index contributed by atoms with van der Waals surface area (Å²) < 4.78 is 7.33. The fraction of sp³-hybridized carbons (Fsp3) is 0.400. The first kappa shape index (κ1) is 23.6. The molecule has 4 aliphatic rings. The smallest absolute Gasteiger partial charge is 0.326 e. The van der Waals surface area contributed by atoms with Crippen molar-refractivity contribution >= 4 is 44.3 Å². The maximum absolute atomic E-state index is 13.8. The molecule has 0 radical (unpaired) electrons. The van der Waals surface area contributed by atoms with Gasteiger partial charge in [-0.3, -0.25) is 9.78 Å². The van der Waals surface area contributed by atoms with Gasteiger partial charge in [0.15, 0.2) is 5.75 Å². The lowest BCUT2D eigenvalue weighted by Gasteiger charge is -2.58. The molecule has 2 heterocycles. The van der Waals surface area contributed by atoms with Gasteiger partial charge in [-0.15, -0.1) is 11.3 Å². The molecular formula is C30H29N3O4S. The number of carboxylic acid groups (broad SMARTS) is 1. The van der Waals surface area contributed by atoms with Gasteiger partial charge in [0.25, 0.3) is 5.91 Å². The molecule has 1 amide bonds. The van der Waals surface area contributed by atoms with E-state index in [9.17, 15) is 14.7 Å². The van der Waals surface area contributed by atoms with Crippen molar-refractivity contribution < 1.29 is 19.4 Å². The molecule has 1 atom stereocenters. The van der Waals surface area contributed by atoms with E-state index < -0.39 is 17.9 Å². The Bertz CT molecular complexity index is 1500. The number of ether oxygens (including phenoxy) is 1. The van der Waals surface area contributed by atoms with Crippen LogP contribution in [-0.4, -0.2) is 33.0 Å². The molecule has 0 aliphatic heterocycles. The number of rotatable bonds is 7. The SMILES string of the molecule is O=C(NC(C(=O)O)C12CC3CC(CC(C3)C1)C2)c1ccc2cccnc2c1OCc1nc2ccccc2s1. The summed E-state index contributed by atoms with van der Waals surface area (Å²) in [5, 5.41) is 14.9. The molecule has 4 bridgehead atoms. The quantitative estimate of drug-likeness (QED) is 0.314. The number of amides is 1. The first-order valence-corrected chi connectivity index (χ1v) is 14.2. The monoisotopic (exact) mass is 527 g/mol. The molecule has 2 N–H and O–H groups in total. The van der Waals surface area contributed by atoms with Crippen molar-refractivity contribution in [1.29, 1.82) is 0 Å². The molecule has 4 aromatic rings. The number of carboxylic acids is 1. The van der Waals surface area contributed by atoms with Crippen LogP contribution in [0.1, 0.15) is 53.9 Å². The third-order valence-corrected chi connectivity index (χ3v) is 9.88. The van der Waals surface area contributed by atoms with Crippen molar-refractivity contribution in [2.24, 2.45) is 23.2 Å². The number of thiazole rings is 1.